The fourth-order valence-corrected chi connectivity index (χ4v) is 3.12. The van der Waals surface area contributed by atoms with E-state index in [4.69, 9.17) is 28.9 Å². The van der Waals surface area contributed by atoms with Crippen LogP contribution in [-0.2, 0) is 9.84 Å². The van der Waals surface area contributed by atoms with Gasteiger partial charge in [-0.25, -0.2) is 8.42 Å². The van der Waals surface area contributed by atoms with Crippen molar-refractivity contribution >= 4 is 50.1 Å². The van der Waals surface area contributed by atoms with Crippen LogP contribution in [0.25, 0.3) is 0 Å². The molecular weight excluding hydrogens is 319 g/mol. The van der Waals surface area contributed by atoms with E-state index in [0.29, 0.717) is 21.4 Å². The molecule has 0 saturated heterocycles. The third-order valence-corrected chi connectivity index (χ3v) is 4.20. The summed E-state index contributed by atoms with van der Waals surface area (Å²) in [6.07, 6.45) is 1.11. The third-order valence-electron chi connectivity index (χ3n) is 2.61. The standard InChI is InChI=1S/C13H12Cl2N2O2S/c1-20(18,19)12-4-2-3-11(13(12)16)17-10-6-8(14)5-9(15)7-10/h2-7,17H,16H2,1H3. The van der Waals surface area contributed by atoms with Gasteiger partial charge in [-0.05, 0) is 30.3 Å². The second kappa shape index (κ2) is 5.52. The predicted octanol–water partition coefficient (Wildman–Crippen LogP) is 3.72. The SMILES string of the molecule is CS(=O)(=O)c1cccc(Nc2cc(Cl)cc(Cl)c2)c1N. The van der Waals surface area contributed by atoms with Gasteiger partial charge in [0.05, 0.1) is 16.3 Å². The van der Waals surface area contributed by atoms with Crippen molar-refractivity contribution < 1.29 is 8.42 Å². The molecule has 0 radical (unpaired) electrons. The second-order valence-electron chi connectivity index (χ2n) is 4.27. The molecule has 106 valence electrons. The van der Waals surface area contributed by atoms with Crippen LogP contribution in [0.5, 0.6) is 0 Å². The summed E-state index contributed by atoms with van der Waals surface area (Å²) in [5.74, 6) is 0. The average Bonchev–Trinajstić information content (AvgIpc) is 2.29. The van der Waals surface area contributed by atoms with Crippen molar-refractivity contribution in [3.63, 3.8) is 0 Å². The molecular formula is C13H12Cl2N2O2S. The van der Waals surface area contributed by atoms with Crippen LogP contribution < -0.4 is 11.1 Å². The van der Waals surface area contributed by atoms with Crippen LogP contribution in [0.4, 0.5) is 17.1 Å². The van der Waals surface area contributed by atoms with Crippen LogP contribution in [0.3, 0.4) is 0 Å². The van der Waals surface area contributed by atoms with Crippen molar-refractivity contribution in [2.75, 3.05) is 17.3 Å². The highest BCUT2D eigenvalue weighted by atomic mass is 35.5. The number of rotatable bonds is 3. The number of benzene rings is 2. The zero-order valence-electron chi connectivity index (χ0n) is 10.5. The van der Waals surface area contributed by atoms with E-state index < -0.39 is 9.84 Å². The Morgan fingerprint density at radius 1 is 1.10 bits per heavy atom. The van der Waals surface area contributed by atoms with E-state index in [1.54, 1.807) is 30.3 Å². The van der Waals surface area contributed by atoms with Gasteiger partial charge in [-0.15, -0.1) is 0 Å². The van der Waals surface area contributed by atoms with Crippen LogP contribution in [0.2, 0.25) is 10.0 Å². The lowest BCUT2D eigenvalue weighted by molar-refractivity contribution is 0.602. The molecule has 0 unspecified atom stereocenters. The van der Waals surface area contributed by atoms with E-state index in [-0.39, 0.29) is 10.6 Å². The van der Waals surface area contributed by atoms with Gasteiger partial charge in [-0.1, -0.05) is 29.3 Å². The highest BCUT2D eigenvalue weighted by Gasteiger charge is 2.14. The molecule has 0 atom stereocenters. The molecule has 0 aliphatic heterocycles. The van der Waals surface area contributed by atoms with E-state index in [1.165, 1.54) is 6.07 Å². The first kappa shape index (κ1) is 15.0. The fraction of sp³-hybridized carbons (Fsp3) is 0.0769. The number of para-hydroxylation sites is 1. The molecule has 20 heavy (non-hydrogen) atoms. The van der Waals surface area contributed by atoms with E-state index >= 15 is 0 Å². The Kier molecular flexibility index (Phi) is 4.13. The number of anilines is 3. The largest absolute Gasteiger partial charge is 0.396 e. The molecule has 0 aliphatic rings. The Labute approximate surface area is 127 Å². The van der Waals surface area contributed by atoms with Crippen LogP contribution in [0, 0.1) is 0 Å². The molecule has 0 saturated carbocycles. The Morgan fingerprint density at radius 3 is 2.25 bits per heavy atom. The summed E-state index contributed by atoms with van der Waals surface area (Å²) < 4.78 is 23.2. The number of nitrogen functional groups attached to an aromatic ring is 1. The van der Waals surface area contributed by atoms with E-state index in [9.17, 15) is 8.42 Å². The molecule has 0 bridgehead atoms. The quantitative estimate of drug-likeness (QED) is 0.841. The monoisotopic (exact) mass is 330 g/mol. The number of nitrogens with one attached hydrogen (secondary N) is 1. The summed E-state index contributed by atoms with van der Waals surface area (Å²) in [7, 11) is -3.38. The fourth-order valence-electron chi connectivity index (χ4n) is 1.76. The average molecular weight is 331 g/mol. The maximum atomic E-state index is 11.6. The van der Waals surface area contributed by atoms with Gasteiger partial charge in [-0.2, -0.15) is 0 Å². The van der Waals surface area contributed by atoms with Crippen LogP contribution in [0.1, 0.15) is 0 Å². The molecule has 4 nitrogen and oxygen atoms in total. The van der Waals surface area contributed by atoms with Crippen molar-refractivity contribution in [1.82, 2.24) is 0 Å². The zero-order valence-corrected chi connectivity index (χ0v) is 12.9. The van der Waals surface area contributed by atoms with Gasteiger partial charge < -0.3 is 11.1 Å². The molecule has 0 aliphatic carbocycles. The molecule has 0 spiro atoms. The number of hydrogen-bond acceptors (Lipinski definition) is 4. The van der Waals surface area contributed by atoms with Crippen molar-refractivity contribution in [1.29, 1.82) is 0 Å². The van der Waals surface area contributed by atoms with Gasteiger partial charge in [-0.3, -0.25) is 0 Å². The number of nitrogens with two attached hydrogens (primary N) is 1. The minimum atomic E-state index is -3.38. The summed E-state index contributed by atoms with van der Waals surface area (Å²) in [4.78, 5) is 0.0793. The summed E-state index contributed by atoms with van der Waals surface area (Å²) in [6, 6.07) is 9.69. The Balaban J connectivity index is 2.44. The molecule has 0 fully saturated rings. The number of halogens is 2. The summed E-state index contributed by atoms with van der Waals surface area (Å²) >= 11 is 11.8. The minimum absolute atomic E-state index is 0.0793. The molecule has 7 heteroatoms. The normalized spacial score (nSPS) is 11.3. The van der Waals surface area contributed by atoms with E-state index in [2.05, 4.69) is 5.32 Å². The number of sulfone groups is 1. The predicted molar refractivity (Wildman–Crippen MR) is 83.7 cm³/mol. The first-order valence-corrected chi connectivity index (χ1v) is 8.24. The molecule has 2 rings (SSSR count). The van der Waals surface area contributed by atoms with Gasteiger partial charge in [0.15, 0.2) is 9.84 Å². The summed E-state index contributed by atoms with van der Waals surface area (Å²) in [5.41, 5.74) is 7.15. The molecule has 0 heterocycles. The maximum Gasteiger partial charge on any atom is 0.177 e. The zero-order chi connectivity index (χ0) is 14.9. The van der Waals surface area contributed by atoms with E-state index in [0.717, 1.165) is 6.26 Å². The van der Waals surface area contributed by atoms with Gasteiger partial charge in [0, 0.05) is 22.0 Å². The highest BCUT2D eigenvalue weighted by molar-refractivity contribution is 7.90. The molecule has 0 amide bonds. The van der Waals surface area contributed by atoms with Crippen LogP contribution in [-0.4, -0.2) is 14.7 Å². The van der Waals surface area contributed by atoms with Crippen molar-refractivity contribution in [3.8, 4) is 0 Å². The smallest absolute Gasteiger partial charge is 0.177 e. The topological polar surface area (TPSA) is 72.2 Å². The van der Waals surface area contributed by atoms with Crippen LogP contribution in [0.15, 0.2) is 41.3 Å². The lowest BCUT2D eigenvalue weighted by atomic mass is 10.2. The summed E-state index contributed by atoms with van der Waals surface area (Å²) in [6.45, 7) is 0. The van der Waals surface area contributed by atoms with Gasteiger partial charge in [0.25, 0.3) is 0 Å². The Bertz CT molecular complexity index is 741. The van der Waals surface area contributed by atoms with Gasteiger partial charge in [0.2, 0.25) is 0 Å². The first-order valence-electron chi connectivity index (χ1n) is 5.59. The number of hydrogen-bond donors (Lipinski definition) is 2. The van der Waals surface area contributed by atoms with Gasteiger partial charge >= 0.3 is 0 Å². The minimum Gasteiger partial charge on any atom is -0.396 e. The lowest BCUT2D eigenvalue weighted by Crippen LogP contribution is -2.05. The molecule has 0 aromatic heterocycles. The molecule has 3 N–H and O–H groups in total. The van der Waals surface area contributed by atoms with Crippen molar-refractivity contribution in [3.05, 3.63) is 46.4 Å². The Hall–Kier alpha value is -1.43. The highest BCUT2D eigenvalue weighted by Crippen LogP contribution is 2.31. The summed E-state index contributed by atoms with van der Waals surface area (Å²) in [5, 5.41) is 3.95. The van der Waals surface area contributed by atoms with Crippen molar-refractivity contribution in [2.45, 2.75) is 4.90 Å². The van der Waals surface area contributed by atoms with Crippen molar-refractivity contribution in [2.24, 2.45) is 0 Å². The van der Waals surface area contributed by atoms with Crippen LogP contribution >= 0.6 is 23.2 Å². The Morgan fingerprint density at radius 2 is 1.70 bits per heavy atom. The third kappa shape index (κ3) is 3.36. The van der Waals surface area contributed by atoms with Gasteiger partial charge in [0.1, 0.15) is 0 Å². The molecule has 2 aromatic rings. The molecule has 2 aromatic carbocycles. The maximum absolute atomic E-state index is 11.6. The first-order chi connectivity index (χ1) is 9.27. The van der Waals surface area contributed by atoms with E-state index in [1.807, 2.05) is 0 Å². The lowest BCUT2D eigenvalue weighted by Gasteiger charge is -2.12. The second-order valence-corrected chi connectivity index (χ2v) is 7.13.